The maximum Gasteiger partial charge on any atom is 0.220 e. The molecule has 3 heteroatoms. The normalized spacial score (nSPS) is 12.9. The van der Waals surface area contributed by atoms with Crippen LogP contribution in [0, 0.1) is 0 Å². The monoisotopic (exact) mass is 351 g/mol. The van der Waals surface area contributed by atoms with Crippen molar-refractivity contribution in [1.82, 2.24) is 5.32 Å². The predicted molar refractivity (Wildman–Crippen MR) is 109 cm³/mol. The summed E-state index contributed by atoms with van der Waals surface area (Å²) in [4.78, 5) is 11.7. The topological polar surface area (TPSA) is 49.3 Å². The lowest BCUT2D eigenvalue weighted by Gasteiger charge is -2.13. The Kier molecular flexibility index (Phi) is 18.4. The summed E-state index contributed by atoms with van der Waals surface area (Å²) in [7, 11) is 0. The molecule has 0 rings (SSSR count). The molecule has 0 aliphatic rings. The summed E-state index contributed by atoms with van der Waals surface area (Å²) in [6, 6.07) is -0.0783. The summed E-state index contributed by atoms with van der Waals surface area (Å²) in [6.45, 7) is 4.24. The van der Waals surface area contributed by atoms with Crippen molar-refractivity contribution in [2.45, 2.75) is 103 Å². The number of amides is 1. The van der Waals surface area contributed by atoms with E-state index < -0.39 is 0 Å². The van der Waals surface area contributed by atoms with Gasteiger partial charge < -0.3 is 10.4 Å². The Morgan fingerprint density at radius 3 is 2.08 bits per heavy atom. The van der Waals surface area contributed by atoms with Crippen LogP contribution in [0.2, 0.25) is 0 Å². The van der Waals surface area contributed by atoms with Crippen molar-refractivity contribution >= 4 is 5.91 Å². The average Bonchev–Trinajstić information content (AvgIpc) is 2.62. The summed E-state index contributed by atoms with van der Waals surface area (Å²) in [5.74, 6) is 0.0755. The number of nitrogens with one attached hydrogen (secondary N) is 1. The third kappa shape index (κ3) is 17.5. The molecule has 0 aromatic carbocycles. The van der Waals surface area contributed by atoms with Gasteiger partial charge in [0, 0.05) is 6.42 Å². The van der Waals surface area contributed by atoms with Gasteiger partial charge in [-0.2, -0.15) is 0 Å². The first-order valence-electron chi connectivity index (χ1n) is 10.4. The van der Waals surface area contributed by atoms with E-state index in [1.165, 1.54) is 51.4 Å². The van der Waals surface area contributed by atoms with Crippen LogP contribution in [0.5, 0.6) is 0 Å². The van der Waals surface area contributed by atoms with Gasteiger partial charge in [-0.1, -0.05) is 70.3 Å². The molecule has 0 aliphatic carbocycles. The molecule has 25 heavy (non-hydrogen) atoms. The maximum absolute atomic E-state index is 11.7. The van der Waals surface area contributed by atoms with E-state index in [9.17, 15) is 4.79 Å². The fourth-order valence-electron chi connectivity index (χ4n) is 2.67. The van der Waals surface area contributed by atoms with Gasteiger partial charge in [-0.25, -0.2) is 0 Å². The zero-order valence-corrected chi connectivity index (χ0v) is 16.6. The fraction of sp³-hybridized carbons (Fsp3) is 0.773. The zero-order valence-electron chi connectivity index (χ0n) is 16.6. The van der Waals surface area contributed by atoms with Gasteiger partial charge in [0.05, 0.1) is 12.6 Å². The van der Waals surface area contributed by atoms with E-state index in [1.54, 1.807) is 0 Å². The second kappa shape index (κ2) is 19.2. The van der Waals surface area contributed by atoms with E-state index in [2.05, 4.69) is 36.5 Å². The van der Waals surface area contributed by atoms with Gasteiger partial charge in [-0.3, -0.25) is 4.79 Å². The highest BCUT2D eigenvalue weighted by Gasteiger charge is 2.08. The van der Waals surface area contributed by atoms with Crippen molar-refractivity contribution < 1.29 is 9.90 Å². The molecule has 1 atom stereocenters. The quantitative estimate of drug-likeness (QED) is 0.261. The smallest absolute Gasteiger partial charge is 0.220 e. The van der Waals surface area contributed by atoms with Crippen LogP contribution in [-0.4, -0.2) is 23.7 Å². The molecule has 0 aromatic rings. The highest BCUT2D eigenvalue weighted by molar-refractivity contribution is 5.76. The highest BCUT2D eigenvalue weighted by Crippen LogP contribution is 2.08. The molecule has 0 fully saturated rings. The van der Waals surface area contributed by atoms with E-state index >= 15 is 0 Å². The molecule has 1 unspecified atom stereocenters. The van der Waals surface area contributed by atoms with Crippen molar-refractivity contribution in [2.75, 3.05) is 6.61 Å². The number of allylic oxidation sites excluding steroid dienone is 4. The molecule has 2 N–H and O–H groups in total. The van der Waals surface area contributed by atoms with Crippen molar-refractivity contribution in [2.24, 2.45) is 0 Å². The second-order valence-corrected chi connectivity index (χ2v) is 6.84. The van der Waals surface area contributed by atoms with E-state index in [0.29, 0.717) is 6.42 Å². The molecule has 0 spiro atoms. The number of hydrogen-bond acceptors (Lipinski definition) is 2. The summed E-state index contributed by atoms with van der Waals surface area (Å²) in [5, 5.41) is 11.9. The Hall–Kier alpha value is -1.09. The number of aliphatic hydroxyl groups excluding tert-OH is 1. The Bertz CT molecular complexity index is 346. The molecule has 3 nitrogen and oxygen atoms in total. The van der Waals surface area contributed by atoms with Crippen LogP contribution in [0.4, 0.5) is 0 Å². The number of carbonyl (C=O) groups is 1. The van der Waals surface area contributed by atoms with Gasteiger partial charge in [0.25, 0.3) is 0 Å². The molecule has 0 bridgehead atoms. The number of carbonyl (C=O) groups excluding carboxylic acids is 1. The van der Waals surface area contributed by atoms with Crippen LogP contribution in [0.25, 0.3) is 0 Å². The minimum absolute atomic E-state index is 0.0321. The summed E-state index contributed by atoms with van der Waals surface area (Å²) < 4.78 is 0. The molecule has 0 heterocycles. The number of unbranched alkanes of at least 4 members (excludes halogenated alkanes) is 8. The van der Waals surface area contributed by atoms with Gasteiger partial charge in [0.15, 0.2) is 0 Å². The van der Waals surface area contributed by atoms with Crippen LogP contribution in [0.1, 0.15) is 97.3 Å². The van der Waals surface area contributed by atoms with Gasteiger partial charge >= 0.3 is 0 Å². The summed E-state index contributed by atoms with van der Waals surface area (Å²) in [5.41, 5.74) is 0. The van der Waals surface area contributed by atoms with Crippen LogP contribution >= 0.6 is 0 Å². The molecule has 1 amide bonds. The lowest BCUT2D eigenvalue weighted by atomic mass is 10.1. The third-order valence-corrected chi connectivity index (χ3v) is 4.43. The van der Waals surface area contributed by atoms with Crippen molar-refractivity contribution in [3.05, 3.63) is 24.3 Å². The lowest BCUT2D eigenvalue weighted by Crippen LogP contribution is -2.36. The first-order valence-corrected chi connectivity index (χ1v) is 10.4. The first-order chi connectivity index (χ1) is 12.2. The van der Waals surface area contributed by atoms with Crippen LogP contribution in [0.3, 0.4) is 0 Å². The highest BCUT2D eigenvalue weighted by atomic mass is 16.3. The van der Waals surface area contributed by atoms with Crippen molar-refractivity contribution in [3.8, 4) is 0 Å². The van der Waals surface area contributed by atoms with Gasteiger partial charge in [-0.15, -0.1) is 0 Å². The van der Waals surface area contributed by atoms with E-state index in [0.717, 1.165) is 25.7 Å². The Morgan fingerprint density at radius 1 is 0.880 bits per heavy atom. The molecule has 0 aromatic heterocycles. The fourth-order valence-corrected chi connectivity index (χ4v) is 2.67. The minimum Gasteiger partial charge on any atom is -0.394 e. The molecular weight excluding hydrogens is 310 g/mol. The molecular formula is C22H41NO2. The van der Waals surface area contributed by atoms with E-state index in [-0.39, 0.29) is 18.6 Å². The second-order valence-electron chi connectivity index (χ2n) is 6.84. The van der Waals surface area contributed by atoms with Crippen molar-refractivity contribution in [1.29, 1.82) is 0 Å². The summed E-state index contributed by atoms with van der Waals surface area (Å²) in [6.07, 6.45) is 23.7. The first kappa shape index (κ1) is 23.9. The summed E-state index contributed by atoms with van der Waals surface area (Å²) >= 11 is 0. The van der Waals surface area contributed by atoms with Crippen LogP contribution in [-0.2, 0) is 4.79 Å². The molecule has 146 valence electrons. The lowest BCUT2D eigenvalue weighted by molar-refractivity contribution is -0.122. The molecule has 0 aliphatic heterocycles. The van der Waals surface area contributed by atoms with Crippen LogP contribution < -0.4 is 5.32 Å². The van der Waals surface area contributed by atoms with Gasteiger partial charge in [0.2, 0.25) is 5.91 Å². The van der Waals surface area contributed by atoms with E-state index in [1.807, 2.05) is 6.92 Å². The molecule has 0 radical (unpaired) electrons. The van der Waals surface area contributed by atoms with Gasteiger partial charge in [-0.05, 0) is 44.9 Å². The number of aliphatic hydroxyl groups is 1. The van der Waals surface area contributed by atoms with E-state index in [4.69, 9.17) is 5.11 Å². The average molecular weight is 352 g/mol. The van der Waals surface area contributed by atoms with Crippen molar-refractivity contribution in [3.63, 3.8) is 0 Å². The van der Waals surface area contributed by atoms with Crippen LogP contribution in [0.15, 0.2) is 24.3 Å². The SMILES string of the molecule is CCCCC/C=C/C/C=C/CCCCCCCC(=O)NC(CC)CO. The Morgan fingerprint density at radius 2 is 1.48 bits per heavy atom. The largest absolute Gasteiger partial charge is 0.394 e. The Balaban J connectivity index is 3.35. The predicted octanol–water partition coefficient (Wildman–Crippen LogP) is 5.69. The minimum atomic E-state index is -0.0783. The maximum atomic E-state index is 11.7. The Labute approximate surface area is 156 Å². The third-order valence-electron chi connectivity index (χ3n) is 4.43. The number of rotatable bonds is 17. The van der Waals surface area contributed by atoms with Gasteiger partial charge in [0.1, 0.15) is 0 Å². The number of hydrogen-bond donors (Lipinski definition) is 2. The molecule has 0 saturated carbocycles. The zero-order chi connectivity index (χ0) is 18.6. The standard InChI is InChI=1S/C22H41NO2/c1-3-5-6-7-8-9-10-11-12-13-14-15-16-17-18-19-22(25)23-21(4-2)20-24/h8-9,11-12,21,24H,3-7,10,13-20H2,1-2H3,(H,23,25)/b9-8+,12-11+. The molecule has 0 saturated heterocycles.